The molecule has 0 aliphatic carbocycles. The molecule has 0 spiro atoms. The van der Waals surface area contributed by atoms with Gasteiger partial charge in [0, 0.05) is 19.3 Å². The number of carbonyl (C=O) groups is 1. The molecule has 0 N–H and O–H groups in total. The van der Waals surface area contributed by atoms with Gasteiger partial charge in [0.2, 0.25) is 11.7 Å². The second-order valence-corrected chi connectivity index (χ2v) is 6.99. The van der Waals surface area contributed by atoms with Gasteiger partial charge in [0.1, 0.15) is 17.2 Å². The third-order valence-corrected chi connectivity index (χ3v) is 4.94. The van der Waals surface area contributed by atoms with Crippen LogP contribution in [0.1, 0.15) is 22.2 Å². The van der Waals surface area contributed by atoms with E-state index in [0.717, 1.165) is 0 Å². The molecule has 1 aliphatic heterocycles. The molecule has 1 fully saturated rings. The van der Waals surface area contributed by atoms with Crippen LogP contribution in [0, 0.1) is 0 Å². The Morgan fingerprint density at radius 1 is 0.967 bits per heavy atom. The summed E-state index contributed by atoms with van der Waals surface area (Å²) < 4.78 is 11.3. The molecule has 2 aromatic heterocycles. The van der Waals surface area contributed by atoms with E-state index in [-0.39, 0.29) is 11.8 Å². The zero-order valence-corrected chi connectivity index (χ0v) is 16.0. The molecule has 5 rings (SSSR count). The molecule has 30 heavy (non-hydrogen) atoms. The van der Waals surface area contributed by atoms with Crippen molar-refractivity contribution in [2.24, 2.45) is 0 Å². The highest BCUT2D eigenvalue weighted by Crippen LogP contribution is 2.32. The van der Waals surface area contributed by atoms with Gasteiger partial charge in [0.25, 0.3) is 5.91 Å². The van der Waals surface area contributed by atoms with Gasteiger partial charge in [0.15, 0.2) is 0 Å². The lowest BCUT2D eigenvalue weighted by molar-refractivity contribution is 0.0566. The third kappa shape index (κ3) is 3.53. The van der Waals surface area contributed by atoms with Crippen LogP contribution in [0.4, 0.5) is 0 Å². The van der Waals surface area contributed by atoms with Gasteiger partial charge in [-0.25, -0.2) is 0 Å². The molecule has 4 aromatic rings. The van der Waals surface area contributed by atoms with Crippen LogP contribution in [-0.2, 0) is 0 Å². The maximum absolute atomic E-state index is 13.0. The Morgan fingerprint density at radius 3 is 2.53 bits per heavy atom. The number of pyridine rings is 1. The summed E-state index contributed by atoms with van der Waals surface area (Å²) >= 11 is 0. The lowest BCUT2D eigenvalue weighted by Gasteiger charge is -2.37. The fourth-order valence-corrected chi connectivity index (χ4v) is 3.32. The van der Waals surface area contributed by atoms with Crippen LogP contribution in [0.3, 0.4) is 0 Å². The minimum Gasteiger partial charge on any atom is -0.457 e. The summed E-state index contributed by atoms with van der Waals surface area (Å²) in [5.74, 6) is 2.13. The number of hydrogen-bond acceptors (Lipinski definition) is 6. The molecule has 1 amide bonds. The van der Waals surface area contributed by atoms with E-state index >= 15 is 0 Å². The number of likely N-dealkylation sites (tertiary alicyclic amines) is 1. The van der Waals surface area contributed by atoms with Gasteiger partial charge >= 0.3 is 0 Å². The largest absolute Gasteiger partial charge is 0.457 e. The van der Waals surface area contributed by atoms with E-state index in [9.17, 15) is 4.79 Å². The molecule has 1 aliphatic rings. The summed E-state index contributed by atoms with van der Waals surface area (Å²) in [6.07, 6.45) is 1.68. The first-order chi connectivity index (χ1) is 14.8. The van der Waals surface area contributed by atoms with Crippen molar-refractivity contribution < 1.29 is 14.1 Å². The lowest BCUT2D eigenvalue weighted by atomic mass is 9.98. The van der Waals surface area contributed by atoms with Crippen molar-refractivity contribution in [3.63, 3.8) is 0 Å². The molecule has 7 nitrogen and oxygen atoms in total. The molecule has 0 unspecified atom stereocenters. The van der Waals surface area contributed by atoms with E-state index < -0.39 is 0 Å². The van der Waals surface area contributed by atoms with E-state index in [1.165, 1.54) is 0 Å². The van der Waals surface area contributed by atoms with Crippen LogP contribution >= 0.6 is 0 Å². The smallest absolute Gasteiger partial charge is 0.257 e. The van der Waals surface area contributed by atoms with Gasteiger partial charge in [-0.1, -0.05) is 41.6 Å². The summed E-state index contributed by atoms with van der Waals surface area (Å²) in [4.78, 5) is 23.4. The SMILES string of the molecule is O=C(c1ccccc1Oc1ccccc1)N1CC(c2nc(-c3ccccn3)no2)C1. The number of nitrogens with zero attached hydrogens (tertiary/aromatic N) is 4. The van der Waals surface area contributed by atoms with Gasteiger partial charge in [-0.3, -0.25) is 9.78 Å². The Labute approximate surface area is 172 Å². The second-order valence-electron chi connectivity index (χ2n) is 6.99. The van der Waals surface area contributed by atoms with Crippen molar-refractivity contribution >= 4 is 5.91 Å². The number of amides is 1. The summed E-state index contributed by atoms with van der Waals surface area (Å²) in [7, 11) is 0. The number of benzene rings is 2. The summed E-state index contributed by atoms with van der Waals surface area (Å²) in [6.45, 7) is 1.03. The quantitative estimate of drug-likeness (QED) is 0.502. The highest BCUT2D eigenvalue weighted by Gasteiger charge is 2.37. The summed E-state index contributed by atoms with van der Waals surface area (Å²) in [6, 6.07) is 22.2. The van der Waals surface area contributed by atoms with Gasteiger partial charge < -0.3 is 14.2 Å². The molecule has 1 saturated heterocycles. The van der Waals surface area contributed by atoms with Crippen LogP contribution in [-0.4, -0.2) is 39.0 Å². The minimum atomic E-state index is -0.0813. The molecule has 0 radical (unpaired) electrons. The predicted octanol–water partition coefficient (Wildman–Crippen LogP) is 4.16. The van der Waals surface area contributed by atoms with E-state index in [1.54, 1.807) is 23.2 Å². The number of rotatable bonds is 5. The van der Waals surface area contributed by atoms with Gasteiger partial charge in [-0.05, 0) is 36.4 Å². The topological polar surface area (TPSA) is 81.4 Å². The zero-order valence-electron chi connectivity index (χ0n) is 16.0. The van der Waals surface area contributed by atoms with Gasteiger partial charge in [-0.15, -0.1) is 0 Å². The Morgan fingerprint density at radius 2 is 1.73 bits per heavy atom. The van der Waals surface area contributed by atoms with E-state index in [1.807, 2.05) is 60.7 Å². The predicted molar refractivity (Wildman–Crippen MR) is 109 cm³/mol. The first-order valence-corrected chi connectivity index (χ1v) is 9.64. The molecule has 0 saturated carbocycles. The van der Waals surface area contributed by atoms with Crippen molar-refractivity contribution in [2.45, 2.75) is 5.92 Å². The first kappa shape index (κ1) is 18.1. The lowest BCUT2D eigenvalue weighted by Crippen LogP contribution is -2.48. The summed E-state index contributed by atoms with van der Waals surface area (Å²) in [5, 5.41) is 4.01. The number of para-hydroxylation sites is 2. The zero-order chi connectivity index (χ0) is 20.3. The van der Waals surface area contributed by atoms with E-state index in [2.05, 4.69) is 15.1 Å². The Balaban J connectivity index is 1.27. The van der Waals surface area contributed by atoms with Crippen molar-refractivity contribution in [1.29, 1.82) is 0 Å². The van der Waals surface area contributed by atoms with Crippen LogP contribution < -0.4 is 4.74 Å². The van der Waals surface area contributed by atoms with E-state index in [4.69, 9.17) is 9.26 Å². The second kappa shape index (κ2) is 7.79. The monoisotopic (exact) mass is 398 g/mol. The fourth-order valence-electron chi connectivity index (χ4n) is 3.32. The van der Waals surface area contributed by atoms with Crippen molar-refractivity contribution in [1.82, 2.24) is 20.0 Å². The molecule has 0 bridgehead atoms. The highest BCUT2D eigenvalue weighted by molar-refractivity contribution is 5.97. The Bertz CT molecular complexity index is 1160. The van der Waals surface area contributed by atoms with Crippen LogP contribution in [0.25, 0.3) is 11.5 Å². The minimum absolute atomic E-state index is 0.0149. The Hall–Kier alpha value is -4.00. The number of hydrogen-bond donors (Lipinski definition) is 0. The molecule has 148 valence electrons. The maximum Gasteiger partial charge on any atom is 0.257 e. The molecular formula is C23H18N4O3. The number of ether oxygens (including phenoxy) is 1. The van der Waals surface area contributed by atoms with Gasteiger partial charge in [-0.2, -0.15) is 4.98 Å². The van der Waals surface area contributed by atoms with Crippen molar-refractivity contribution in [3.05, 3.63) is 90.4 Å². The average Bonchev–Trinajstić information content (AvgIpc) is 3.24. The first-order valence-electron chi connectivity index (χ1n) is 9.64. The molecule has 7 heteroatoms. The standard InChI is InChI=1S/C23H18N4O3/c28-23(18-10-4-5-12-20(18)29-17-8-2-1-3-9-17)27-14-16(15-27)22-25-21(26-30-22)19-11-6-7-13-24-19/h1-13,16H,14-15H2. The van der Waals surface area contributed by atoms with Crippen LogP contribution in [0.15, 0.2) is 83.5 Å². The average molecular weight is 398 g/mol. The highest BCUT2D eigenvalue weighted by atomic mass is 16.5. The fraction of sp³-hybridized carbons (Fsp3) is 0.130. The van der Waals surface area contributed by atoms with Crippen molar-refractivity contribution in [2.75, 3.05) is 13.1 Å². The number of carbonyl (C=O) groups excluding carboxylic acids is 1. The molecule has 3 heterocycles. The number of aromatic nitrogens is 3. The molecular weight excluding hydrogens is 380 g/mol. The van der Waals surface area contributed by atoms with E-state index in [0.29, 0.717) is 47.6 Å². The van der Waals surface area contributed by atoms with Crippen molar-refractivity contribution in [3.8, 4) is 23.0 Å². The maximum atomic E-state index is 13.0. The van der Waals surface area contributed by atoms with Crippen LogP contribution in [0.5, 0.6) is 11.5 Å². The summed E-state index contributed by atoms with van der Waals surface area (Å²) in [5.41, 5.74) is 1.19. The third-order valence-electron chi connectivity index (χ3n) is 4.94. The normalized spacial score (nSPS) is 13.7. The van der Waals surface area contributed by atoms with Gasteiger partial charge in [0.05, 0.1) is 11.5 Å². The van der Waals surface area contributed by atoms with Crippen LogP contribution in [0.2, 0.25) is 0 Å². The molecule has 2 aromatic carbocycles. The Kier molecular flexibility index (Phi) is 4.69. The molecule has 0 atom stereocenters.